The highest BCUT2D eigenvalue weighted by Crippen LogP contribution is 2.40. The van der Waals surface area contributed by atoms with Crippen LogP contribution in [0.15, 0.2) is 17.7 Å². The highest BCUT2D eigenvalue weighted by Gasteiger charge is 2.17. The van der Waals surface area contributed by atoms with Crippen molar-refractivity contribution in [2.45, 2.75) is 13.8 Å². The van der Waals surface area contributed by atoms with E-state index in [4.69, 9.17) is 21.1 Å². The number of ether oxygens (including phenoxy) is 2. The molecule has 2 rings (SSSR count). The first-order valence-electron chi connectivity index (χ1n) is 5.37. The molecule has 1 aliphatic rings. The number of hydrogen-bond donors (Lipinski definition) is 0. The van der Waals surface area contributed by atoms with Gasteiger partial charge in [-0.05, 0) is 35.3 Å². The molecule has 1 aromatic carbocycles. The van der Waals surface area contributed by atoms with Gasteiger partial charge in [-0.15, -0.1) is 0 Å². The van der Waals surface area contributed by atoms with Gasteiger partial charge in [0.15, 0.2) is 11.5 Å². The van der Waals surface area contributed by atoms with Gasteiger partial charge in [-0.25, -0.2) is 0 Å². The second-order valence-electron chi connectivity index (χ2n) is 4.15. The van der Waals surface area contributed by atoms with Crippen molar-refractivity contribution in [3.63, 3.8) is 0 Å². The Morgan fingerprint density at radius 2 is 2.18 bits per heavy atom. The lowest BCUT2D eigenvalue weighted by atomic mass is 10.0. The van der Waals surface area contributed by atoms with E-state index in [1.54, 1.807) is 6.07 Å². The van der Waals surface area contributed by atoms with E-state index in [0.717, 1.165) is 17.4 Å². The van der Waals surface area contributed by atoms with Crippen molar-refractivity contribution in [3.8, 4) is 11.5 Å². The lowest BCUT2D eigenvalue weighted by Crippen LogP contribution is -1.94. The van der Waals surface area contributed by atoms with Crippen LogP contribution < -0.4 is 9.47 Å². The lowest BCUT2D eigenvalue weighted by molar-refractivity contribution is -0.105. The first kappa shape index (κ1) is 12.0. The van der Waals surface area contributed by atoms with Crippen molar-refractivity contribution >= 4 is 24.0 Å². The summed E-state index contributed by atoms with van der Waals surface area (Å²) in [6, 6.07) is 3.58. The number of benzene rings is 1. The van der Waals surface area contributed by atoms with Gasteiger partial charge < -0.3 is 9.47 Å². The molecular weight excluding hydrogens is 240 g/mol. The average Bonchev–Trinajstić information content (AvgIpc) is 2.74. The molecule has 1 heterocycles. The van der Waals surface area contributed by atoms with Crippen LogP contribution in [0, 0.1) is 5.92 Å². The Morgan fingerprint density at radius 3 is 2.82 bits per heavy atom. The maximum Gasteiger partial charge on any atom is 0.231 e. The van der Waals surface area contributed by atoms with Gasteiger partial charge in [0.2, 0.25) is 6.79 Å². The van der Waals surface area contributed by atoms with Crippen LogP contribution >= 0.6 is 11.6 Å². The van der Waals surface area contributed by atoms with E-state index in [0.29, 0.717) is 16.5 Å². The summed E-state index contributed by atoms with van der Waals surface area (Å²) in [7, 11) is 0. The van der Waals surface area contributed by atoms with Crippen molar-refractivity contribution in [1.29, 1.82) is 0 Å². The number of rotatable bonds is 3. The molecule has 17 heavy (non-hydrogen) atoms. The molecule has 0 saturated carbocycles. The SMILES string of the molecule is CC(C)C(C=O)=Cc1cc(Cl)c2c(c1)OCO2. The summed E-state index contributed by atoms with van der Waals surface area (Å²) in [6.45, 7) is 4.12. The largest absolute Gasteiger partial charge is 0.454 e. The molecule has 3 nitrogen and oxygen atoms in total. The quantitative estimate of drug-likeness (QED) is 0.612. The van der Waals surface area contributed by atoms with Crippen LogP contribution in [0.4, 0.5) is 0 Å². The second-order valence-corrected chi connectivity index (χ2v) is 4.56. The molecule has 0 fully saturated rings. The summed E-state index contributed by atoms with van der Waals surface area (Å²) in [5.74, 6) is 1.37. The normalized spacial score (nSPS) is 14.2. The van der Waals surface area contributed by atoms with Crippen molar-refractivity contribution in [1.82, 2.24) is 0 Å². The highest BCUT2D eigenvalue weighted by atomic mass is 35.5. The minimum atomic E-state index is 0.177. The minimum absolute atomic E-state index is 0.177. The Hall–Kier alpha value is -1.48. The smallest absolute Gasteiger partial charge is 0.231 e. The number of hydrogen-bond acceptors (Lipinski definition) is 3. The van der Waals surface area contributed by atoms with E-state index in [2.05, 4.69) is 0 Å². The van der Waals surface area contributed by atoms with Gasteiger partial charge in [0.05, 0.1) is 5.02 Å². The van der Waals surface area contributed by atoms with Crippen molar-refractivity contribution in [2.75, 3.05) is 6.79 Å². The van der Waals surface area contributed by atoms with Gasteiger partial charge in [-0.1, -0.05) is 25.4 Å². The fourth-order valence-electron chi connectivity index (χ4n) is 1.60. The molecule has 0 bridgehead atoms. The summed E-state index contributed by atoms with van der Waals surface area (Å²) in [4.78, 5) is 10.9. The Morgan fingerprint density at radius 1 is 1.41 bits per heavy atom. The van der Waals surface area contributed by atoms with Crippen molar-refractivity contribution < 1.29 is 14.3 Å². The number of allylic oxidation sites excluding steroid dienone is 1. The third-order valence-corrected chi connectivity index (χ3v) is 2.87. The Balaban J connectivity index is 2.41. The predicted octanol–water partition coefficient (Wildman–Crippen LogP) is 3.31. The minimum Gasteiger partial charge on any atom is -0.454 e. The van der Waals surface area contributed by atoms with E-state index >= 15 is 0 Å². The second kappa shape index (κ2) is 4.80. The fraction of sp³-hybridized carbons (Fsp3) is 0.308. The van der Waals surface area contributed by atoms with Crippen LogP contribution in [-0.4, -0.2) is 13.1 Å². The van der Waals surface area contributed by atoms with Gasteiger partial charge >= 0.3 is 0 Å². The zero-order chi connectivity index (χ0) is 12.4. The summed E-state index contributed by atoms with van der Waals surface area (Å²) in [5, 5.41) is 0.500. The monoisotopic (exact) mass is 252 g/mol. The van der Waals surface area contributed by atoms with E-state index in [-0.39, 0.29) is 12.7 Å². The summed E-state index contributed by atoms with van der Waals surface area (Å²) in [6.07, 6.45) is 2.68. The van der Waals surface area contributed by atoms with Crippen LogP contribution in [-0.2, 0) is 4.79 Å². The van der Waals surface area contributed by atoms with E-state index in [9.17, 15) is 4.79 Å². The van der Waals surface area contributed by atoms with E-state index in [1.165, 1.54) is 0 Å². The molecule has 1 aromatic rings. The molecule has 4 heteroatoms. The van der Waals surface area contributed by atoms with Crippen LogP contribution in [0.3, 0.4) is 0 Å². The van der Waals surface area contributed by atoms with Crippen molar-refractivity contribution in [3.05, 3.63) is 28.3 Å². The van der Waals surface area contributed by atoms with E-state index < -0.39 is 0 Å². The Kier molecular flexibility index (Phi) is 3.38. The molecule has 0 saturated heterocycles. The van der Waals surface area contributed by atoms with E-state index in [1.807, 2.05) is 26.0 Å². The molecule has 90 valence electrons. The summed E-state index contributed by atoms with van der Waals surface area (Å²) >= 11 is 6.06. The third-order valence-electron chi connectivity index (χ3n) is 2.59. The molecule has 0 spiro atoms. The van der Waals surface area contributed by atoms with Crippen molar-refractivity contribution in [2.24, 2.45) is 5.92 Å². The molecule has 0 N–H and O–H groups in total. The first-order valence-corrected chi connectivity index (χ1v) is 5.75. The maximum atomic E-state index is 10.9. The van der Waals surface area contributed by atoms with Gasteiger partial charge in [-0.2, -0.15) is 0 Å². The Bertz CT molecular complexity index is 478. The van der Waals surface area contributed by atoms with Gasteiger partial charge in [-0.3, -0.25) is 4.79 Å². The van der Waals surface area contributed by atoms with Crippen LogP contribution in [0.25, 0.3) is 6.08 Å². The fourth-order valence-corrected chi connectivity index (χ4v) is 1.87. The summed E-state index contributed by atoms with van der Waals surface area (Å²) < 4.78 is 10.5. The highest BCUT2D eigenvalue weighted by molar-refractivity contribution is 6.32. The topological polar surface area (TPSA) is 35.5 Å². The standard InChI is InChI=1S/C13H13ClO3/c1-8(2)10(6-15)3-9-4-11(14)13-12(5-9)16-7-17-13/h3-6,8H,7H2,1-2H3. The Labute approximate surface area is 105 Å². The summed E-state index contributed by atoms with van der Waals surface area (Å²) in [5.41, 5.74) is 1.56. The molecule has 0 aromatic heterocycles. The molecule has 1 aliphatic heterocycles. The number of fused-ring (bicyclic) bond motifs is 1. The molecule has 0 amide bonds. The predicted molar refractivity (Wildman–Crippen MR) is 66.5 cm³/mol. The average molecular weight is 253 g/mol. The van der Waals surface area contributed by atoms with Gasteiger partial charge in [0.25, 0.3) is 0 Å². The number of carbonyl (C=O) groups excluding carboxylic acids is 1. The third kappa shape index (κ3) is 2.44. The number of carbonyl (C=O) groups is 1. The van der Waals surface area contributed by atoms with Crippen LogP contribution in [0.5, 0.6) is 11.5 Å². The number of halogens is 1. The molecule has 0 atom stereocenters. The van der Waals surface area contributed by atoms with Gasteiger partial charge in [0, 0.05) is 0 Å². The molecule has 0 radical (unpaired) electrons. The lowest BCUT2D eigenvalue weighted by Gasteiger charge is -2.05. The number of aldehydes is 1. The van der Waals surface area contributed by atoms with Gasteiger partial charge in [0.1, 0.15) is 6.29 Å². The zero-order valence-electron chi connectivity index (χ0n) is 9.70. The molecule has 0 unspecified atom stereocenters. The molecular formula is C13H13ClO3. The maximum absolute atomic E-state index is 10.9. The van der Waals surface area contributed by atoms with Crippen LogP contribution in [0.1, 0.15) is 19.4 Å². The van der Waals surface area contributed by atoms with Crippen LogP contribution in [0.2, 0.25) is 5.02 Å². The zero-order valence-corrected chi connectivity index (χ0v) is 10.5. The first-order chi connectivity index (χ1) is 8.11. The molecule has 0 aliphatic carbocycles.